The minimum absolute atomic E-state index is 0.0555. The molecule has 1 unspecified atom stereocenters. The minimum atomic E-state index is -0.0555. The standard InChI is InChI=1S/C8H12BrNO2/c1-10-3-2-6(8(10)12)4-7(11)5-9/h6H,2-5H2,1H3. The first-order valence-corrected chi connectivity index (χ1v) is 5.10. The van der Waals surface area contributed by atoms with Crippen LogP contribution in [0.15, 0.2) is 0 Å². The molecule has 1 fully saturated rings. The van der Waals surface area contributed by atoms with Gasteiger partial charge in [-0.3, -0.25) is 9.59 Å². The molecule has 0 saturated carbocycles. The Morgan fingerprint density at radius 2 is 2.42 bits per heavy atom. The van der Waals surface area contributed by atoms with Crippen LogP contribution in [0.25, 0.3) is 0 Å². The second-order valence-corrected chi connectivity index (χ2v) is 3.68. The molecule has 1 atom stereocenters. The van der Waals surface area contributed by atoms with Crippen molar-refractivity contribution < 1.29 is 9.59 Å². The third-order valence-electron chi connectivity index (χ3n) is 2.16. The van der Waals surface area contributed by atoms with Gasteiger partial charge < -0.3 is 4.90 Å². The van der Waals surface area contributed by atoms with Crippen molar-refractivity contribution in [3.05, 3.63) is 0 Å². The van der Waals surface area contributed by atoms with Crippen molar-refractivity contribution in [3.8, 4) is 0 Å². The van der Waals surface area contributed by atoms with Gasteiger partial charge >= 0.3 is 0 Å². The average molecular weight is 234 g/mol. The topological polar surface area (TPSA) is 37.4 Å². The number of hydrogen-bond donors (Lipinski definition) is 0. The van der Waals surface area contributed by atoms with Crippen molar-refractivity contribution in [3.63, 3.8) is 0 Å². The van der Waals surface area contributed by atoms with Gasteiger partial charge in [0.25, 0.3) is 0 Å². The van der Waals surface area contributed by atoms with E-state index in [9.17, 15) is 9.59 Å². The van der Waals surface area contributed by atoms with Crippen LogP contribution in [0.3, 0.4) is 0 Å². The van der Waals surface area contributed by atoms with Gasteiger partial charge in [-0.1, -0.05) is 15.9 Å². The van der Waals surface area contributed by atoms with Gasteiger partial charge in [0.15, 0.2) is 0 Å². The predicted molar refractivity (Wildman–Crippen MR) is 49.2 cm³/mol. The molecular weight excluding hydrogens is 222 g/mol. The molecule has 12 heavy (non-hydrogen) atoms. The molecule has 0 N–H and O–H groups in total. The van der Waals surface area contributed by atoms with E-state index in [1.807, 2.05) is 0 Å². The number of rotatable bonds is 3. The van der Waals surface area contributed by atoms with Crippen LogP contribution in [0.5, 0.6) is 0 Å². The predicted octanol–water partition coefficient (Wildman–Crippen LogP) is 0.819. The Hall–Kier alpha value is -0.380. The SMILES string of the molecule is CN1CCC(CC(=O)CBr)C1=O. The highest BCUT2D eigenvalue weighted by atomic mass is 79.9. The van der Waals surface area contributed by atoms with E-state index >= 15 is 0 Å². The Bertz CT molecular complexity index is 205. The Kier molecular flexibility index (Phi) is 3.26. The number of carbonyl (C=O) groups is 2. The lowest BCUT2D eigenvalue weighted by atomic mass is 10.0. The van der Waals surface area contributed by atoms with E-state index in [-0.39, 0.29) is 17.6 Å². The molecule has 0 spiro atoms. The number of nitrogens with zero attached hydrogens (tertiary/aromatic N) is 1. The summed E-state index contributed by atoms with van der Waals surface area (Å²) < 4.78 is 0. The first-order chi connectivity index (χ1) is 5.65. The average Bonchev–Trinajstić information content (AvgIpc) is 2.36. The molecule has 1 aliphatic heterocycles. The van der Waals surface area contributed by atoms with E-state index in [4.69, 9.17) is 0 Å². The van der Waals surface area contributed by atoms with Gasteiger partial charge in [-0.15, -0.1) is 0 Å². The lowest BCUT2D eigenvalue weighted by Crippen LogP contribution is -2.24. The van der Waals surface area contributed by atoms with Crippen molar-refractivity contribution in [2.45, 2.75) is 12.8 Å². The number of hydrogen-bond acceptors (Lipinski definition) is 2. The maximum atomic E-state index is 11.3. The van der Waals surface area contributed by atoms with Crippen LogP contribution in [0.4, 0.5) is 0 Å². The lowest BCUT2D eigenvalue weighted by molar-refractivity contribution is -0.132. The summed E-state index contributed by atoms with van der Waals surface area (Å²) in [4.78, 5) is 24.0. The third-order valence-corrected chi connectivity index (χ3v) is 2.79. The molecule has 1 aliphatic rings. The highest BCUT2D eigenvalue weighted by molar-refractivity contribution is 9.09. The summed E-state index contributed by atoms with van der Waals surface area (Å²) in [5.41, 5.74) is 0. The maximum absolute atomic E-state index is 11.3. The molecule has 0 aromatic rings. The number of ketones is 1. The number of halogens is 1. The maximum Gasteiger partial charge on any atom is 0.225 e. The van der Waals surface area contributed by atoms with E-state index in [1.54, 1.807) is 11.9 Å². The van der Waals surface area contributed by atoms with Crippen molar-refractivity contribution in [2.24, 2.45) is 5.92 Å². The van der Waals surface area contributed by atoms with Crippen LogP contribution in [0.1, 0.15) is 12.8 Å². The van der Waals surface area contributed by atoms with Crippen LogP contribution in [0, 0.1) is 5.92 Å². The van der Waals surface area contributed by atoms with Crippen LogP contribution in [-0.2, 0) is 9.59 Å². The summed E-state index contributed by atoms with van der Waals surface area (Å²) in [6, 6.07) is 0. The second-order valence-electron chi connectivity index (χ2n) is 3.12. The molecular formula is C8H12BrNO2. The summed E-state index contributed by atoms with van der Waals surface area (Å²) in [6.07, 6.45) is 1.22. The van der Waals surface area contributed by atoms with Crippen LogP contribution in [-0.4, -0.2) is 35.5 Å². The molecule has 1 amide bonds. The molecule has 1 heterocycles. The molecule has 3 nitrogen and oxygen atoms in total. The Morgan fingerprint density at radius 1 is 1.75 bits per heavy atom. The number of likely N-dealkylation sites (tertiary alicyclic amines) is 1. The van der Waals surface area contributed by atoms with Gasteiger partial charge in [0.1, 0.15) is 5.78 Å². The summed E-state index contributed by atoms with van der Waals surface area (Å²) in [6.45, 7) is 0.791. The molecule has 0 radical (unpaired) electrons. The number of amides is 1. The fourth-order valence-corrected chi connectivity index (χ4v) is 1.64. The normalized spacial score (nSPS) is 23.3. The molecule has 0 aromatic carbocycles. The number of alkyl halides is 1. The Morgan fingerprint density at radius 3 is 2.83 bits per heavy atom. The summed E-state index contributed by atoms with van der Waals surface area (Å²) in [5.74, 6) is 0.174. The molecule has 1 saturated heterocycles. The van der Waals surface area contributed by atoms with Crippen LogP contribution >= 0.6 is 15.9 Å². The van der Waals surface area contributed by atoms with E-state index in [2.05, 4.69) is 15.9 Å². The largest absolute Gasteiger partial charge is 0.345 e. The van der Waals surface area contributed by atoms with E-state index in [0.717, 1.165) is 13.0 Å². The van der Waals surface area contributed by atoms with Crippen molar-refractivity contribution in [2.75, 3.05) is 18.9 Å². The van der Waals surface area contributed by atoms with E-state index < -0.39 is 0 Å². The number of carbonyl (C=O) groups excluding carboxylic acids is 2. The van der Waals surface area contributed by atoms with Crippen molar-refractivity contribution in [1.82, 2.24) is 4.90 Å². The first kappa shape index (κ1) is 9.71. The molecule has 68 valence electrons. The van der Waals surface area contributed by atoms with Gasteiger partial charge in [-0.05, 0) is 6.42 Å². The molecule has 0 aliphatic carbocycles. The summed E-state index contributed by atoms with van der Waals surface area (Å²) in [5, 5.41) is 0.362. The second kappa shape index (κ2) is 4.03. The number of Topliss-reactive ketones (excluding diaryl/α,β-unsaturated/α-hetero) is 1. The van der Waals surface area contributed by atoms with Gasteiger partial charge in [-0.2, -0.15) is 0 Å². The van der Waals surface area contributed by atoms with Crippen molar-refractivity contribution >= 4 is 27.6 Å². The summed E-state index contributed by atoms with van der Waals surface area (Å²) in [7, 11) is 1.78. The van der Waals surface area contributed by atoms with E-state index in [1.165, 1.54) is 0 Å². The van der Waals surface area contributed by atoms with Gasteiger partial charge in [0, 0.05) is 25.9 Å². The molecule has 1 rings (SSSR count). The zero-order valence-electron chi connectivity index (χ0n) is 7.05. The Labute approximate surface area is 80.2 Å². The smallest absolute Gasteiger partial charge is 0.225 e. The van der Waals surface area contributed by atoms with Crippen LogP contribution in [0.2, 0.25) is 0 Å². The fourth-order valence-electron chi connectivity index (χ4n) is 1.41. The fraction of sp³-hybridized carbons (Fsp3) is 0.750. The lowest BCUT2D eigenvalue weighted by Gasteiger charge is -2.08. The minimum Gasteiger partial charge on any atom is -0.345 e. The molecule has 4 heteroatoms. The zero-order chi connectivity index (χ0) is 9.14. The van der Waals surface area contributed by atoms with Gasteiger partial charge in [0.05, 0.1) is 5.33 Å². The zero-order valence-corrected chi connectivity index (χ0v) is 8.63. The third kappa shape index (κ3) is 2.06. The van der Waals surface area contributed by atoms with Gasteiger partial charge in [0.2, 0.25) is 5.91 Å². The molecule has 0 aromatic heterocycles. The van der Waals surface area contributed by atoms with E-state index in [0.29, 0.717) is 11.8 Å². The van der Waals surface area contributed by atoms with Crippen molar-refractivity contribution in [1.29, 1.82) is 0 Å². The highest BCUT2D eigenvalue weighted by Gasteiger charge is 2.30. The molecule has 0 bridgehead atoms. The monoisotopic (exact) mass is 233 g/mol. The quantitative estimate of drug-likeness (QED) is 0.678. The first-order valence-electron chi connectivity index (χ1n) is 3.97. The van der Waals surface area contributed by atoms with Crippen LogP contribution < -0.4 is 0 Å². The summed E-state index contributed by atoms with van der Waals surface area (Å²) >= 11 is 3.08. The highest BCUT2D eigenvalue weighted by Crippen LogP contribution is 2.20. The van der Waals surface area contributed by atoms with Gasteiger partial charge in [-0.25, -0.2) is 0 Å². The Balaban J connectivity index is 2.44.